The van der Waals surface area contributed by atoms with E-state index in [4.69, 9.17) is 0 Å². The number of fused-ring (bicyclic) bond motifs is 1. The van der Waals surface area contributed by atoms with Crippen LogP contribution in [-0.4, -0.2) is 38.9 Å². The second kappa shape index (κ2) is 10.5. The molecule has 2 aromatic heterocycles. The Balaban J connectivity index is 1.36. The highest BCUT2D eigenvalue weighted by molar-refractivity contribution is 7.99. The van der Waals surface area contributed by atoms with Crippen LogP contribution in [0.1, 0.15) is 33.0 Å². The molecule has 2 amide bonds. The number of rotatable bonds is 7. The number of benzene rings is 2. The van der Waals surface area contributed by atoms with E-state index in [0.29, 0.717) is 15.9 Å². The standard InChI is InChI=1S/C26H25N5O2S2/c1-18-7-4-10-20(15-18)31-23(16-27-25(33)22-12-6-14-34-22)28-29-26(31)35-17-24(32)30-13-5-9-19-8-2-3-11-21(19)30/h2-4,6-8,10-12,14-15H,5,9,13,16-17H2,1H3,(H,27,33). The van der Waals surface area contributed by atoms with Gasteiger partial charge in [-0.05, 0) is 60.5 Å². The lowest BCUT2D eigenvalue weighted by Crippen LogP contribution is -2.36. The van der Waals surface area contributed by atoms with Gasteiger partial charge in [0.15, 0.2) is 11.0 Å². The molecule has 1 aliphatic rings. The maximum atomic E-state index is 13.2. The molecule has 0 saturated heterocycles. The molecule has 1 aliphatic heterocycles. The summed E-state index contributed by atoms with van der Waals surface area (Å²) in [4.78, 5) is 28.2. The van der Waals surface area contributed by atoms with Crippen molar-refractivity contribution >= 4 is 40.6 Å². The number of thiophene rings is 1. The van der Waals surface area contributed by atoms with Crippen molar-refractivity contribution in [3.63, 3.8) is 0 Å². The van der Waals surface area contributed by atoms with Gasteiger partial charge in [0.25, 0.3) is 5.91 Å². The highest BCUT2D eigenvalue weighted by Crippen LogP contribution is 2.29. The molecule has 0 unspecified atom stereocenters. The monoisotopic (exact) mass is 503 g/mol. The number of thioether (sulfide) groups is 1. The van der Waals surface area contributed by atoms with Gasteiger partial charge in [-0.15, -0.1) is 21.5 Å². The van der Waals surface area contributed by atoms with Gasteiger partial charge in [0.2, 0.25) is 5.91 Å². The third-order valence-corrected chi connectivity index (χ3v) is 7.63. The lowest BCUT2D eigenvalue weighted by atomic mass is 10.0. The molecule has 0 bridgehead atoms. The van der Waals surface area contributed by atoms with Crippen molar-refractivity contribution < 1.29 is 9.59 Å². The van der Waals surface area contributed by atoms with Crippen LogP contribution in [0, 0.1) is 6.92 Å². The average molecular weight is 504 g/mol. The van der Waals surface area contributed by atoms with Gasteiger partial charge in [0.1, 0.15) is 0 Å². The lowest BCUT2D eigenvalue weighted by Gasteiger charge is -2.29. The van der Waals surface area contributed by atoms with E-state index in [9.17, 15) is 9.59 Å². The zero-order chi connectivity index (χ0) is 24.2. The predicted molar refractivity (Wildman–Crippen MR) is 139 cm³/mol. The summed E-state index contributed by atoms with van der Waals surface area (Å²) in [5, 5.41) is 14.2. The van der Waals surface area contributed by atoms with Crippen LogP contribution in [0.15, 0.2) is 71.2 Å². The molecule has 0 aliphatic carbocycles. The van der Waals surface area contributed by atoms with Crippen molar-refractivity contribution in [3.05, 3.63) is 87.9 Å². The number of aromatic nitrogens is 3. The molecular weight excluding hydrogens is 478 g/mol. The van der Waals surface area contributed by atoms with Gasteiger partial charge in [0, 0.05) is 17.9 Å². The Morgan fingerprint density at radius 3 is 2.80 bits per heavy atom. The van der Waals surface area contributed by atoms with Gasteiger partial charge in [0.05, 0.1) is 17.2 Å². The summed E-state index contributed by atoms with van der Waals surface area (Å²) in [6.07, 6.45) is 1.95. The minimum absolute atomic E-state index is 0.0495. The smallest absolute Gasteiger partial charge is 0.261 e. The first kappa shape index (κ1) is 23.3. The quantitative estimate of drug-likeness (QED) is 0.372. The Morgan fingerprint density at radius 2 is 1.97 bits per heavy atom. The summed E-state index contributed by atoms with van der Waals surface area (Å²) in [6.45, 7) is 2.98. The van der Waals surface area contributed by atoms with Crippen LogP contribution in [-0.2, 0) is 17.8 Å². The number of nitrogens with zero attached hydrogens (tertiary/aromatic N) is 4. The van der Waals surface area contributed by atoms with Gasteiger partial charge in [-0.2, -0.15) is 0 Å². The second-order valence-corrected chi connectivity index (χ2v) is 10.2. The summed E-state index contributed by atoms with van der Waals surface area (Å²) in [5.41, 5.74) is 4.21. The fraction of sp³-hybridized carbons (Fsp3) is 0.231. The van der Waals surface area contributed by atoms with Crippen molar-refractivity contribution in [3.8, 4) is 5.69 Å². The lowest BCUT2D eigenvalue weighted by molar-refractivity contribution is -0.116. The molecule has 4 aromatic rings. The molecule has 3 heterocycles. The minimum atomic E-state index is -0.146. The van der Waals surface area contributed by atoms with Crippen LogP contribution in [0.3, 0.4) is 0 Å². The summed E-state index contributed by atoms with van der Waals surface area (Å²) in [7, 11) is 0. The Kier molecular flexibility index (Phi) is 6.96. The fourth-order valence-corrected chi connectivity index (χ4v) is 5.67. The van der Waals surface area contributed by atoms with Gasteiger partial charge >= 0.3 is 0 Å². The van der Waals surface area contributed by atoms with Crippen molar-refractivity contribution in [1.82, 2.24) is 20.1 Å². The first-order valence-electron chi connectivity index (χ1n) is 11.4. The first-order chi connectivity index (χ1) is 17.1. The SMILES string of the molecule is Cc1cccc(-n2c(CNC(=O)c3cccs3)nnc2SCC(=O)N2CCCc3ccccc32)c1. The van der Waals surface area contributed by atoms with E-state index in [1.165, 1.54) is 28.7 Å². The third-order valence-electron chi connectivity index (χ3n) is 5.85. The van der Waals surface area contributed by atoms with E-state index in [0.717, 1.165) is 36.3 Å². The summed E-state index contributed by atoms with van der Waals surface area (Å²) < 4.78 is 1.92. The molecular formula is C26H25N5O2S2. The minimum Gasteiger partial charge on any atom is -0.344 e. The van der Waals surface area contributed by atoms with Crippen LogP contribution >= 0.6 is 23.1 Å². The molecule has 178 valence electrons. The number of hydrogen-bond donors (Lipinski definition) is 1. The summed E-state index contributed by atoms with van der Waals surface area (Å²) in [6, 6.07) is 19.8. The zero-order valence-electron chi connectivity index (χ0n) is 19.3. The molecule has 5 rings (SSSR count). The van der Waals surface area contributed by atoms with Crippen molar-refractivity contribution in [1.29, 1.82) is 0 Å². The molecule has 7 nitrogen and oxygen atoms in total. The molecule has 1 N–H and O–H groups in total. The second-order valence-electron chi connectivity index (χ2n) is 8.30. The molecule has 0 radical (unpaired) electrons. The van der Waals surface area contributed by atoms with E-state index >= 15 is 0 Å². The Morgan fingerprint density at radius 1 is 1.09 bits per heavy atom. The Labute approximate surface area is 212 Å². The molecule has 9 heteroatoms. The molecule has 0 atom stereocenters. The number of carbonyl (C=O) groups is 2. The molecule has 35 heavy (non-hydrogen) atoms. The van der Waals surface area contributed by atoms with Crippen molar-refractivity contribution in [2.75, 3.05) is 17.2 Å². The summed E-state index contributed by atoms with van der Waals surface area (Å²) in [5.74, 6) is 0.763. The van der Waals surface area contributed by atoms with Crippen LogP contribution in [0.25, 0.3) is 5.69 Å². The Hall–Kier alpha value is -3.43. The third kappa shape index (κ3) is 5.16. The highest BCUT2D eigenvalue weighted by atomic mass is 32.2. The van der Waals surface area contributed by atoms with Gasteiger partial charge in [-0.25, -0.2) is 0 Å². The number of nitrogens with one attached hydrogen (secondary N) is 1. The number of aryl methyl sites for hydroxylation is 2. The molecule has 0 fully saturated rings. The maximum Gasteiger partial charge on any atom is 0.261 e. The van der Waals surface area contributed by atoms with Gasteiger partial charge in [-0.1, -0.05) is 48.2 Å². The largest absolute Gasteiger partial charge is 0.344 e. The van der Waals surface area contributed by atoms with Crippen LogP contribution in [0.2, 0.25) is 0 Å². The molecule has 2 aromatic carbocycles. The van der Waals surface area contributed by atoms with Crippen LogP contribution in [0.4, 0.5) is 5.69 Å². The normalized spacial score (nSPS) is 12.9. The number of amides is 2. The summed E-state index contributed by atoms with van der Waals surface area (Å²) >= 11 is 2.76. The number of hydrogen-bond acceptors (Lipinski definition) is 6. The number of anilines is 1. The van der Waals surface area contributed by atoms with Gasteiger partial charge in [-0.3, -0.25) is 14.2 Å². The van der Waals surface area contributed by atoms with Crippen molar-refractivity contribution in [2.24, 2.45) is 0 Å². The average Bonchev–Trinajstić information content (AvgIpc) is 3.56. The van der Waals surface area contributed by atoms with E-state index in [2.05, 4.69) is 21.6 Å². The Bertz CT molecular complexity index is 1350. The highest BCUT2D eigenvalue weighted by Gasteiger charge is 2.24. The predicted octanol–water partition coefficient (Wildman–Crippen LogP) is 4.64. The van der Waals surface area contributed by atoms with Gasteiger partial charge < -0.3 is 10.2 Å². The van der Waals surface area contributed by atoms with E-state index in [1.807, 2.05) is 70.3 Å². The van der Waals surface area contributed by atoms with E-state index in [-0.39, 0.29) is 24.1 Å². The first-order valence-corrected chi connectivity index (χ1v) is 13.3. The fourth-order valence-electron chi connectivity index (χ4n) is 4.19. The number of carbonyl (C=O) groups excluding carboxylic acids is 2. The maximum absolute atomic E-state index is 13.2. The van der Waals surface area contributed by atoms with E-state index < -0.39 is 0 Å². The van der Waals surface area contributed by atoms with Crippen LogP contribution < -0.4 is 10.2 Å². The molecule has 0 saturated carbocycles. The molecule has 0 spiro atoms. The van der Waals surface area contributed by atoms with Crippen LogP contribution in [0.5, 0.6) is 0 Å². The zero-order valence-corrected chi connectivity index (χ0v) is 20.9. The van der Waals surface area contributed by atoms with Crippen molar-refractivity contribution in [2.45, 2.75) is 31.5 Å². The van der Waals surface area contributed by atoms with E-state index in [1.54, 1.807) is 6.07 Å². The topological polar surface area (TPSA) is 80.1 Å². The number of para-hydroxylation sites is 1.